The molecule has 2 nitrogen and oxygen atoms in total. The van der Waals surface area contributed by atoms with Crippen molar-refractivity contribution in [3.63, 3.8) is 0 Å². The summed E-state index contributed by atoms with van der Waals surface area (Å²) in [6, 6.07) is 0. The second kappa shape index (κ2) is 5.86. The molecule has 1 unspecified atom stereocenters. The van der Waals surface area contributed by atoms with Crippen molar-refractivity contribution in [1.29, 1.82) is 0 Å². The zero-order chi connectivity index (χ0) is 11.3. The number of likely N-dealkylation sites (tertiary alicyclic amines) is 2. The molecule has 2 saturated heterocycles. The van der Waals surface area contributed by atoms with Crippen LogP contribution in [0.3, 0.4) is 0 Å². The van der Waals surface area contributed by atoms with E-state index in [0.717, 1.165) is 0 Å². The lowest BCUT2D eigenvalue weighted by molar-refractivity contribution is 0.0799. The van der Waals surface area contributed by atoms with Gasteiger partial charge in [0.1, 0.15) is 0 Å². The molecular weight excluding hydrogens is 184 g/mol. The average Bonchev–Trinajstić information content (AvgIpc) is 2.70. The third-order valence-electron chi connectivity index (χ3n) is 4.05. The first-order valence-corrected chi connectivity index (χ1v) is 6.70. The van der Waals surface area contributed by atoms with Crippen LogP contribution in [0.4, 0.5) is 0 Å². The Balaban J connectivity index is 0.000000531. The smallest absolute Gasteiger partial charge is 0.0345 e. The Kier molecular flexibility index (Phi) is 5.07. The molecule has 2 rings (SSSR count). The normalized spacial score (nSPS) is 32.8. The minimum atomic E-state index is 0.564. The van der Waals surface area contributed by atoms with Gasteiger partial charge in [-0.25, -0.2) is 0 Å². The van der Waals surface area contributed by atoms with Gasteiger partial charge >= 0.3 is 0 Å². The third kappa shape index (κ3) is 2.73. The van der Waals surface area contributed by atoms with Crippen molar-refractivity contribution in [3.05, 3.63) is 0 Å². The Morgan fingerprint density at radius 1 is 1.07 bits per heavy atom. The molecule has 0 aromatic carbocycles. The van der Waals surface area contributed by atoms with Crippen molar-refractivity contribution < 1.29 is 0 Å². The van der Waals surface area contributed by atoms with Gasteiger partial charge in [0.05, 0.1) is 0 Å². The summed E-state index contributed by atoms with van der Waals surface area (Å²) in [5, 5.41) is 0. The predicted molar refractivity (Wildman–Crippen MR) is 67.3 cm³/mol. The van der Waals surface area contributed by atoms with Crippen molar-refractivity contribution in [1.82, 2.24) is 9.80 Å². The highest BCUT2D eigenvalue weighted by Crippen LogP contribution is 2.35. The zero-order valence-corrected chi connectivity index (χ0v) is 11.1. The molecule has 2 aliphatic heterocycles. The molecule has 2 heterocycles. The molecule has 2 aliphatic rings. The number of likely N-dealkylation sites (N-methyl/N-ethyl adjacent to an activating group) is 2. The van der Waals surface area contributed by atoms with Gasteiger partial charge in [-0.1, -0.05) is 27.2 Å². The van der Waals surface area contributed by atoms with E-state index in [1.54, 1.807) is 0 Å². The molecule has 0 aromatic heterocycles. The Morgan fingerprint density at radius 3 is 2.33 bits per heavy atom. The molecule has 90 valence electrons. The molecule has 1 atom stereocenters. The minimum Gasteiger partial charge on any atom is -0.302 e. The second-order valence-electron chi connectivity index (χ2n) is 4.72. The van der Waals surface area contributed by atoms with Gasteiger partial charge in [-0.3, -0.25) is 4.90 Å². The fraction of sp³-hybridized carbons (Fsp3) is 1.00. The summed E-state index contributed by atoms with van der Waals surface area (Å²) >= 11 is 0. The lowest BCUT2D eigenvalue weighted by Gasteiger charge is -2.42. The van der Waals surface area contributed by atoms with Crippen molar-refractivity contribution >= 4 is 0 Å². The van der Waals surface area contributed by atoms with Gasteiger partial charge in [0.2, 0.25) is 0 Å². The Bertz CT molecular complexity index is 181. The lowest BCUT2D eigenvalue weighted by Crippen LogP contribution is -2.51. The van der Waals surface area contributed by atoms with Crippen molar-refractivity contribution in [2.24, 2.45) is 0 Å². The number of hydrogen-bond donors (Lipinski definition) is 0. The maximum atomic E-state index is 2.62. The molecule has 2 heteroatoms. The first-order valence-electron chi connectivity index (χ1n) is 6.70. The highest BCUT2D eigenvalue weighted by Gasteiger charge is 2.41. The SMILES string of the molecule is CC.CCN1CCC2(CCCCN2C)C1. The molecule has 0 aromatic rings. The summed E-state index contributed by atoms with van der Waals surface area (Å²) in [4.78, 5) is 5.22. The fourth-order valence-corrected chi connectivity index (χ4v) is 2.96. The van der Waals surface area contributed by atoms with E-state index in [9.17, 15) is 0 Å². The van der Waals surface area contributed by atoms with Gasteiger partial charge in [-0.2, -0.15) is 0 Å². The molecular formula is C13H28N2. The van der Waals surface area contributed by atoms with Crippen LogP contribution in [0, 0.1) is 0 Å². The van der Waals surface area contributed by atoms with E-state index >= 15 is 0 Å². The van der Waals surface area contributed by atoms with Crippen LogP contribution in [0.2, 0.25) is 0 Å². The van der Waals surface area contributed by atoms with E-state index in [1.165, 1.54) is 51.9 Å². The molecule has 0 N–H and O–H groups in total. The summed E-state index contributed by atoms with van der Waals surface area (Å²) in [6.45, 7) is 11.5. The highest BCUT2D eigenvalue weighted by atomic mass is 15.3. The average molecular weight is 212 g/mol. The maximum absolute atomic E-state index is 2.62. The van der Waals surface area contributed by atoms with Gasteiger partial charge in [-0.15, -0.1) is 0 Å². The second-order valence-corrected chi connectivity index (χ2v) is 4.72. The van der Waals surface area contributed by atoms with Crippen LogP contribution >= 0.6 is 0 Å². The van der Waals surface area contributed by atoms with Gasteiger partial charge in [0.25, 0.3) is 0 Å². The lowest BCUT2D eigenvalue weighted by atomic mass is 9.86. The van der Waals surface area contributed by atoms with Crippen LogP contribution in [0.1, 0.15) is 46.5 Å². The molecule has 0 amide bonds. The summed E-state index contributed by atoms with van der Waals surface area (Å²) in [5.74, 6) is 0. The Hall–Kier alpha value is -0.0800. The van der Waals surface area contributed by atoms with Crippen LogP contribution in [-0.2, 0) is 0 Å². The molecule has 15 heavy (non-hydrogen) atoms. The summed E-state index contributed by atoms with van der Waals surface area (Å²) in [6.07, 6.45) is 5.68. The van der Waals surface area contributed by atoms with Crippen molar-refractivity contribution in [3.8, 4) is 0 Å². The van der Waals surface area contributed by atoms with E-state index in [-0.39, 0.29) is 0 Å². The number of rotatable bonds is 1. The topological polar surface area (TPSA) is 6.48 Å². The van der Waals surface area contributed by atoms with Gasteiger partial charge in [0, 0.05) is 18.6 Å². The number of nitrogens with zero attached hydrogens (tertiary/aromatic N) is 2. The molecule has 2 fully saturated rings. The van der Waals surface area contributed by atoms with Gasteiger partial charge in [0.15, 0.2) is 0 Å². The Labute approximate surface area is 95.6 Å². The monoisotopic (exact) mass is 212 g/mol. The first-order chi connectivity index (χ1) is 7.27. The van der Waals surface area contributed by atoms with Crippen molar-refractivity contribution in [2.45, 2.75) is 52.0 Å². The predicted octanol–water partition coefficient (Wildman–Crippen LogP) is 2.59. The van der Waals surface area contributed by atoms with E-state index in [1.807, 2.05) is 13.8 Å². The van der Waals surface area contributed by atoms with E-state index in [4.69, 9.17) is 0 Å². The van der Waals surface area contributed by atoms with Crippen LogP contribution in [0.15, 0.2) is 0 Å². The van der Waals surface area contributed by atoms with E-state index in [0.29, 0.717) is 5.54 Å². The maximum Gasteiger partial charge on any atom is 0.0345 e. The van der Waals surface area contributed by atoms with Crippen LogP contribution in [-0.4, -0.2) is 48.6 Å². The van der Waals surface area contributed by atoms with E-state index in [2.05, 4.69) is 23.8 Å². The first kappa shape index (κ1) is 13.0. The third-order valence-corrected chi connectivity index (χ3v) is 4.05. The molecule has 0 radical (unpaired) electrons. The van der Waals surface area contributed by atoms with Crippen molar-refractivity contribution in [2.75, 3.05) is 33.2 Å². The zero-order valence-electron chi connectivity index (χ0n) is 11.1. The van der Waals surface area contributed by atoms with Crippen LogP contribution < -0.4 is 0 Å². The van der Waals surface area contributed by atoms with Crippen LogP contribution in [0.25, 0.3) is 0 Å². The number of piperidine rings is 1. The van der Waals surface area contributed by atoms with Gasteiger partial charge < -0.3 is 4.90 Å². The molecule has 1 spiro atoms. The van der Waals surface area contributed by atoms with E-state index < -0.39 is 0 Å². The largest absolute Gasteiger partial charge is 0.302 e. The number of hydrogen-bond acceptors (Lipinski definition) is 2. The summed E-state index contributed by atoms with van der Waals surface area (Å²) in [5.41, 5.74) is 0.564. The molecule has 0 bridgehead atoms. The summed E-state index contributed by atoms with van der Waals surface area (Å²) < 4.78 is 0. The highest BCUT2D eigenvalue weighted by molar-refractivity contribution is 4.99. The fourth-order valence-electron chi connectivity index (χ4n) is 2.96. The van der Waals surface area contributed by atoms with Crippen LogP contribution in [0.5, 0.6) is 0 Å². The molecule has 0 aliphatic carbocycles. The minimum absolute atomic E-state index is 0.564. The summed E-state index contributed by atoms with van der Waals surface area (Å²) in [7, 11) is 2.32. The van der Waals surface area contributed by atoms with Gasteiger partial charge in [-0.05, 0) is 39.4 Å². The molecule has 0 saturated carbocycles. The Morgan fingerprint density at radius 2 is 1.80 bits per heavy atom. The standard InChI is InChI=1S/C11H22N2.C2H6/c1-3-13-9-7-11(10-13)6-4-5-8-12(11)2;1-2/h3-10H2,1-2H3;1-2H3. The quantitative estimate of drug-likeness (QED) is 0.659.